The van der Waals surface area contributed by atoms with Crippen LogP contribution in [0, 0.1) is 20.8 Å². The number of benzene rings is 1. The Bertz CT molecular complexity index is 1210. The van der Waals surface area contributed by atoms with E-state index in [0.717, 1.165) is 16.6 Å². The maximum Gasteiger partial charge on any atom is 0.341 e. The second kappa shape index (κ2) is 8.22. The van der Waals surface area contributed by atoms with Crippen LogP contribution in [0.2, 0.25) is 5.02 Å². The van der Waals surface area contributed by atoms with Crippen molar-refractivity contribution in [2.45, 2.75) is 59.2 Å². The monoisotopic (exact) mass is 458 g/mol. The van der Waals surface area contributed by atoms with Crippen LogP contribution in [0.5, 0.6) is 0 Å². The lowest BCUT2D eigenvalue weighted by molar-refractivity contribution is -0.193. The highest BCUT2D eigenvalue weighted by Crippen LogP contribution is 2.45. The third-order valence-corrected chi connectivity index (χ3v) is 5.64. The molecule has 170 valence electrons. The van der Waals surface area contributed by atoms with E-state index in [-0.39, 0.29) is 5.56 Å². The molecule has 0 saturated carbocycles. The molecule has 2 heterocycles. The summed E-state index contributed by atoms with van der Waals surface area (Å²) in [5.74, 6) is -2.68. The predicted octanol–water partition coefficient (Wildman–Crippen LogP) is 5.38. The van der Waals surface area contributed by atoms with Crippen molar-refractivity contribution in [2.24, 2.45) is 0 Å². The molecule has 0 bridgehead atoms. The number of halogens is 1. The van der Waals surface area contributed by atoms with Crippen molar-refractivity contribution in [1.29, 1.82) is 0 Å². The molecule has 0 unspecified atom stereocenters. The lowest BCUT2D eigenvalue weighted by Crippen LogP contribution is -2.47. The third-order valence-electron chi connectivity index (χ3n) is 5.38. The van der Waals surface area contributed by atoms with Gasteiger partial charge in [-0.15, -0.1) is 0 Å². The number of rotatable bonds is 6. The van der Waals surface area contributed by atoms with Crippen LogP contribution in [0.25, 0.3) is 22.2 Å². The van der Waals surface area contributed by atoms with Gasteiger partial charge in [-0.05, 0) is 64.8 Å². The zero-order valence-electron chi connectivity index (χ0n) is 19.0. The largest absolute Gasteiger partial charge is 0.481 e. The van der Waals surface area contributed by atoms with Gasteiger partial charge in [-0.1, -0.05) is 23.7 Å². The van der Waals surface area contributed by atoms with Crippen molar-refractivity contribution in [3.8, 4) is 11.1 Å². The van der Waals surface area contributed by atoms with Crippen LogP contribution in [0.15, 0.2) is 24.3 Å². The number of nitrogens with zero attached hydrogens (tertiary/aromatic N) is 1. The van der Waals surface area contributed by atoms with Gasteiger partial charge in [0.15, 0.2) is 0 Å². The molecule has 0 aliphatic rings. The Kier molecular flexibility index (Phi) is 6.10. The highest BCUT2D eigenvalue weighted by atomic mass is 35.5. The number of aryl methyl sites for hydroxylation is 3. The van der Waals surface area contributed by atoms with Crippen LogP contribution >= 0.6 is 11.6 Å². The van der Waals surface area contributed by atoms with E-state index < -0.39 is 29.6 Å². The predicted molar refractivity (Wildman–Crippen MR) is 123 cm³/mol. The highest BCUT2D eigenvalue weighted by molar-refractivity contribution is 6.30. The molecule has 8 heteroatoms. The molecule has 0 fully saturated rings. The van der Waals surface area contributed by atoms with E-state index in [2.05, 4.69) is 9.97 Å². The van der Waals surface area contributed by atoms with Crippen molar-refractivity contribution < 1.29 is 24.5 Å². The number of nitrogens with one attached hydrogen (secondary N) is 1. The van der Waals surface area contributed by atoms with Gasteiger partial charge in [0.05, 0.1) is 12.0 Å². The summed E-state index contributed by atoms with van der Waals surface area (Å²) in [6, 6.07) is 6.99. The van der Waals surface area contributed by atoms with Crippen LogP contribution in [-0.2, 0) is 19.9 Å². The Balaban J connectivity index is 2.57. The second-order valence-corrected chi connectivity index (χ2v) is 9.41. The van der Waals surface area contributed by atoms with Crippen LogP contribution in [0.1, 0.15) is 49.7 Å². The zero-order valence-corrected chi connectivity index (χ0v) is 19.7. The van der Waals surface area contributed by atoms with Gasteiger partial charge in [0.25, 0.3) is 0 Å². The SMILES string of the molecule is Cc1nc2[nH]c(C)c(C)c2c(-c2ccc(Cl)cc2)c1[C@](CC(=O)O)(OC(C)(C)C)C(=O)O. The van der Waals surface area contributed by atoms with Crippen molar-refractivity contribution in [1.82, 2.24) is 9.97 Å². The Labute approximate surface area is 191 Å². The van der Waals surface area contributed by atoms with Gasteiger partial charge in [0, 0.05) is 32.9 Å². The normalized spacial score (nSPS) is 13.8. The second-order valence-electron chi connectivity index (χ2n) is 8.97. The number of carboxylic acids is 2. The number of ether oxygens (including phenoxy) is 1. The number of aromatic amines is 1. The molecular formula is C24H27ClN2O5. The smallest absolute Gasteiger partial charge is 0.341 e. The lowest BCUT2D eigenvalue weighted by Gasteiger charge is -2.37. The molecule has 3 N–H and O–H groups in total. The third kappa shape index (κ3) is 4.23. The summed E-state index contributed by atoms with van der Waals surface area (Å²) in [5.41, 5.74) is 1.11. The van der Waals surface area contributed by atoms with Crippen LogP contribution in [-0.4, -0.2) is 37.7 Å². The summed E-state index contributed by atoms with van der Waals surface area (Å²) in [6.07, 6.45) is -0.767. The molecule has 3 rings (SSSR count). The van der Waals surface area contributed by atoms with E-state index >= 15 is 0 Å². The van der Waals surface area contributed by atoms with E-state index in [1.54, 1.807) is 52.0 Å². The molecule has 0 aliphatic carbocycles. The van der Waals surface area contributed by atoms with Crippen molar-refractivity contribution >= 4 is 34.6 Å². The van der Waals surface area contributed by atoms with Crippen molar-refractivity contribution in [2.75, 3.05) is 0 Å². The van der Waals surface area contributed by atoms with Gasteiger partial charge in [0.2, 0.25) is 5.60 Å². The summed E-state index contributed by atoms with van der Waals surface area (Å²) in [7, 11) is 0. The first kappa shape index (κ1) is 23.8. The Morgan fingerprint density at radius 3 is 2.19 bits per heavy atom. The molecular weight excluding hydrogens is 432 g/mol. The maximum absolute atomic E-state index is 12.8. The quantitative estimate of drug-likeness (QED) is 0.457. The van der Waals surface area contributed by atoms with Gasteiger partial charge < -0.3 is 19.9 Å². The Morgan fingerprint density at radius 1 is 1.09 bits per heavy atom. The zero-order chi connectivity index (χ0) is 24.0. The van der Waals surface area contributed by atoms with Gasteiger partial charge in [-0.3, -0.25) is 4.79 Å². The van der Waals surface area contributed by atoms with Gasteiger partial charge in [0.1, 0.15) is 5.65 Å². The van der Waals surface area contributed by atoms with E-state index in [0.29, 0.717) is 27.5 Å². The number of carboxylic acid groups (broad SMARTS) is 2. The summed E-state index contributed by atoms with van der Waals surface area (Å²) in [4.78, 5) is 32.6. The summed E-state index contributed by atoms with van der Waals surface area (Å²) in [5, 5.41) is 21.4. The number of aliphatic carboxylic acids is 2. The number of hydrogen-bond donors (Lipinski definition) is 3. The van der Waals surface area contributed by atoms with E-state index in [9.17, 15) is 19.8 Å². The fourth-order valence-corrected chi connectivity index (χ4v) is 4.28. The number of hydrogen-bond acceptors (Lipinski definition) is 4. The molecule has 7 nitrogen and oxygen atoms in total. The number of aromatic nitrogens is 2. The fourth-order valence-electron chi connectivity index (χ4n) is 4.15. The first-order valence-electron chi connectivity index (χ1n) is 10.2. The molecule has 0 aliphatic heterocycles. The van der Waals surface area contributed by atoms with Gasteiger partial charge in [-0.2, -0.15) is 0 Å². The summed E-state index contributed by atoms with van der Waals surface area (Å²) in [6.45, 7) is 10.6. The average Bonchev–Trinajstić information content (AvgIpc) is 2.92. The average molecular weight is 459 g/mol. The molecule has 1 aromatic carbocycles. The molecule has 0 saturated heterocycles. The Morgan fingerprint density at radius 2 is 1.69 bits per heavy atom. The van der Waals surface area contributed by atoms with E-state index in [1.165, 1.54) is 0 Å². The topological polar surface area (TPSA) is 113 Å². The van der Waals surface area contributed by atoms with Crippen LogP contribution in [0.4, 0.5) is 0 Å². The molecule has 0 spiro atoms. The number of fused-ring (bicyclic) bond motifs is 1. The van der Waals surface area contributed by atoms with Gasteiger partial charge >= 0.3 is 11.9 Å². The van der Waals surface area contributed by atoms with E-state index in [4.69, 9.17) is 16.3 Å². The highest BCUT2D eigenvalue weighted by Gasteiger charge is 2.50. The molecule has 3 aromatic rings. The minimum absolute atomic E-state index is 0.222. The fraction of sp³-hybridized carbons (Fsp3) is 0.375. The number of pyridine rings is 1. The van der Waals surface area contributed by atoms with Gasteiger partial charge in [-0.25, -0.2) is 9.78 Å². The van der Waals surface area contributed by atoms with Crippen LogP contribution < -0.4 is 0 Å². The first-order chi connectivity index (χ1) is 14.8. The summed E-state index contributed by atoms with van der Waals surface area (Å²) < 4.78 is 6.09. The first-order valence-corrected chi connectivity index (χ1v) is 10.6. The summed E-state index contributed by atoms with van der Waals surface area (Å²) >= 11 is 6.11. The maximum atomic E-state index is 12.8. The molecule has 2 aromatic heterocycles. The van der Waals surface area contributed by atoms with Crippen molar-refractivity contribution in [3.63, 3.8) is 0 Å². The minimum Gasteiger partial charge on any atom is -0.481 e. The minimum atomic E-state index is -2.16. The Hall–Kier alpha value is -2.90. The molecule has 1 atom stereocenters. The molecule has 0 radical (unpaired) electrons. The number of H-pyrrole nitrogens is 1. The molecule has 0 amide bonds. The standard InChI is InChI=1S/C24H27ClN2O5/c1-12-13(2)26-21-18(12)19(15-7-9-16(25)10-8-15)20(14(3)27-21)24(22(30)31,11-17(28)29)32-23(4,5)6/h7-10H,11H2,1-6H3,(H,26,27)(H,28,29)(H,30,31)/t24-/m0/s1. The van der Waals surface area contributed by atoms with Crippen molar-refractivity contribution in [3.05, 3.63) is 51.8 Å². The lowest BCUT2D eigenvalue weighted by atomic mass is 9.81. The van der Waals surface area contributed by atoms with E-state index in [1.807, 2.05) is 13.8 Å². The molecule has 32 heavy (non-hydrogen) atoms. The van der Waals surface area contributed by atoms with Crippen LogP contribution in [0.3, 0.4) is 0 Å². The number of carbonyl (C=O) groups is 2.